The quantitative estimate of drug-likeness (QED) is 0.225. The second-order valence-electron chi connectivity index (χ2n) is 8.73. The minimum atomic E-state index is -0.522. The van der Waals surface area contributed by atoms with Gasteiger partial charge in [-0.25, -0.2) is 0 Å². The minimum Gasteiger partial charge on any atom is -0.457 e. The van der Waals surface area contributed by atoms with Crippen LogP contribution in [0.15, 0.2) is 91.0 Å². The smallest absolute Gasteiger partial charge is 0.306 e. The van der Waals surface area contributed by atoms with Crippen LogP contribution in [0.5, 0.6) is 11.5 Å². The molecule has 0 heterocycles. The van der Waals surface area contributed by atoms with Crippen molar-refractivity contribution in [2.24, 2.45) is 0 Å². The molecular formula is C31H30N2O5. The number of carbonyl (C=O) groups is 3. The zero-order valence-electron chi connectivity index (χ0n) is 21.2. The number of fused-ring (bicyclic) bond motifs is 1. The molecule has 0 fully saturated rings. The van der Waals surface area contributed by atoms with Gasteiger partial charge in [0.15, 0.2) is 6.61 Å². The molecule has 0 radical (unpaired) electrons. The summed E-state index contributed by atoms with van der Waals surface area (Å²) >= 11 is 0. The lowest BCUT2D eigenvalue weighted by atomic mass is 10.1. The molecule has 4 aromatic carbocycles. The summed E-state index contributed by atoms with van der Waals surface area (Å²) in [5.41, 5.74) is 2.35. The number of rotatable bonds is 11. The van der Waals surface area contributed by atoms with E-state index in [0.29, 0.717) is 23.5 Å². The third-order valence-corrected chi connectivity index (χ3v) is 5.94. The monoisotopic (exact) mass is 510 g/mol. The number of nitrogens with one attached hydrogen (secondary N) is 2. The van der Waals surface area contributed by atoms with Crippen molar-refractivity contribution in [3.63, 3.8) is 0 Å². The van der Waals surface area contributed by atoms with E-state index < -0.39 is 11.9 Å². The molecule has 0 unspecified atom stereocenters. The predicted molar refractivity (Wildman–Crippen MR) is 148 cm³/mol. The molecule has 0 bridgehead atoms. The average Bonchev–Trinajstić information content (AvgIpc) is 2.93. The molecule has 0 aliphatic rings. The lowest BCUT2D eigenvalue weighted by Gasteiger charge is -2.10. The highest BCUT2D eigenvalue weighted by Gasteiger charge is 2.11. The first-order valence-electron chi connectivity index (χ1n) is 12.6. The number of aryl methyl sites for hydroxylation is 1. The van der Waals surface area contributed by atoms with Crippen LogP contribution in [0.1, 0.15) is 31.7 Å². The molecule has 194 valence electrons. The van der Waals surface area contributed by atoms with Gasteiger partial charge in [0.25, 0.3) is 5.91 Å². The van der Waals surface area contributed by atoms with Crippen LogP contribution in [0.2, 0.25) is 0 Å². The van der Waals surface area contributed by atoms with Gasteiger partial charge in [0.2, 0.25) is 5.91 Å². The van der Waals surface area contributed by atoms with Crippen LogP contribution < -0.4 is 15.4 Å². The van der Waals surface area contributed by atoms with Crippen molar-refractivity contribution in [1.82, 2.24) is 0 Å². The third kappa shape index (κ3) is 7.43. The SMILES string of the molecule is CCc1ccccc1NC(=O)COC(=O)CCCC(=O)Nc1ccc(Oc2cccc3ccccc23)cc1. The van der Waals surface area contributed by atoms with Gasteiger partial charge in [-0.1, -0.05) is 61.5 Å². The largest absolute Gasteiger partial charge is 0.457 e. The van der Waals surface area contributed by atoms with Crippen LogP contribution in [-0.2, 0) is 25.5 Å². The fraction of sp³-hybridized carbons (Fsp3) is 0.194. The van der Waals surface area contributed by atoms with Gasteiger partial charge in [-0.2, -0.15) is 0 Å². The van der Waals surface area contributed by atoms with Gasteiger partial charge in [-0.05, 0) is 60.2 Å². The van der Waals surface area contributed by atoms with E-state index in [0.717, 1.165) is 28.5 Å². The number of ether oxygens (including phenoxy) is 2. The number of anilines is 2. The molecule has 0 aliphatic carbocycles. The number of benzene rings is 4. The van der Waals surface area contributed by atoms with Crippen molar-refractivity contribution in [1.29, 1.82) is 0 Å². The zero-order chi connectivity index (χ0) is 26.7. The van der Waals surface area contributed by atoms with Gasteiger partial charge in [-0.3, -0.25) is 14.4 Å². The first-order valence-corrected chi connectivity index (χ1v) is 12.6. The molecule has 4 aromatic rings. The summed E-state index contributed by atoms with van der Waals surface area (Å²) in [6.07, 6.45) is 1.29. The normalized spacial score (nSPS) is 10.6. The summed E-state index contributed by atoms with van der Waals surface area (Å²) in [7, 11) is 0. The molecule has 0 atom stereocenters. The van der Waals surface area contributed by atoms with Crippen molar-refractivity contribution >= 4 is 39.9 Å². The Labute approximate surface area is 221 Å². The summed E-state index contributed by atoms with van der Waals surface area (Å²) < 4.78 is 11.1. The van der Waals surface area contributed by atoms with Crippen molar-refractivity contribution in [2.75, 3.05) is 17.2 Å². The third-order valence-electron chi connectivity index (χ3n) is 5.94. The Hall–Kier alpha value is -4.65. The van der Waals surface area contributed by atoms with E-state index >= 15 is 0 Å². The number of carbonyl (C=O) groups excluding carboxylic acids is 3. The molecule has 0 saturated heterocycles. The van der Waals surface area contributed by atoms with Gasteiger partial charge < -0.3 is 20.1 Å². The Morgan fingerprint density at radius 2 is 1.47 bits per heavy atom. The highest BCUT2D eigenvalue weighted by atomic mass is 16.5. The molecule has 38 heavy (non-hydrogen) atoms. The first kappa shape index (κ1) is 26.4. The standard InChI is InChI=1S/C31H30N2O5/c1-2-22-9-4-6-13-27(22)33-30(35)21-37-31(36)16-8-15-29(34)32-24-17-19-25(20-18-24)38-28-14-7-11-23-10-3-5-12-26(23)28/h3-7,9-14,17-20H,2,8,15-16,21H2,1H3,(H,32,34)(H,33,35). The van der Waals surface area contributed by atoms with Crippen LogP contribution in [0, 0.1) is 0 Å². The van der Waals surface area contributed by atoms with Crippen LogP contribution in [-0.4, -0.2) is 24.4 Å². The Morgan fingerprint density at radius 3 is 2.29 bits per heavy atom. The van der Waals surface area contributed by atoms with Gasteiger partial charge in [-0.15, -0.1) is 0 Å². The number of hydrogen-bond donors (Lipinski definition) is 2. The lowest BCUT2D eigenvalue weighted by molar-refractivity contribution is -0.147. The van der Waals surface area contributed by atoms with E-state index in [9.17, 15) is 14.4 Å². The van der Waals surface area contributed by atoms with Crippen LogP contribution in [0.25, 0.3) is 10.8 Å². The summed E-state index contributed by atoms with van der Waals surface area (Å²) in [5, 5.41) is 7.69. The van der Waals surface area contributed by atoms with Crippen LogP contribution >= 0.6 is 0 Å². The molecule has 0 saturated carbocycles. The molecule has 4 rings (SSSR count). The summed E-state index contributed by atoms with van der Waals surface area (Å²) in [5.74, 6) is 0.283. The number of esters is 1. The Bertz CT molecular complexity index is 1410. The molecule has 0 aliphatic heterocycles. The molecule has 0 spiro atoms. The van der Waals surface area contributed by atoms with E-state index in [1.54, 1.807) is 24.3 Å². The summed E-state index contributed by atoms with van der Waals surface area (Å²) in [6.45, 7) is 1.63. The molecule has 7 heteroatoms. The van der Waals surface area contributed by atoms with E-state index in [4.69, 9.17) is 9.47 Å². The maximum atomic E-state index is 12.3. The lowest BCUT2D eigenvalue weighted by Crippen LogP contribution is -2.21. The van der Waals surface area contributed by atoms with Crippen molar-refractivity contribution in [3.8, 4) is 11.5 Å². The molecular weight excluding hydrogens is 480 g/mol. The summed E-state index contributed by atoms with van der Waals surface area (Å²) in [4.78, 5) is 36.4. The molecule has 7 nitrogen and oxygen atoms in total. The van der Waals surface area contributed by atoms with Gasteiger partial charge in [0.1, 0.15) is 11.5 Å². The minimum absolute atomic E-state index is 0.0457. The zero-order valence-corrected chi connectivity index (χ0v) is 21.2. The fourth-order valence-corrected chi connectivity index (χ4v) is 3.99. The Kier molecular flexibility index (Phi) is 9.07. The van der Waals surface area contributed by atoms with Crippen LogP contribution in [0.3, 0.4) is 0 Å². The van der Waals surface area contributed by atoms with Crippen LogP contribution in [0.4, 0.5) is 11.4 Å². The van der Waals surface area contributed by atoms with E-state index in [1.807, 2.05) is 73.7 Å². The highest BCUT2D eigenvalue weighted by Crippen LogP contribution is 2.30. The second kappa shape index (κ2) is 13.1. The topological polar surface area (TPSA) is 93.7 Å². The van der Waals surface area contributed by atoms with E-state index in [2.05, 4.69) is 10.6 Å². The predicted octanol–water partition coefficient (Wildman–Crippen LogP) is 6.49. The number of amides is 2. The highest BCUT2D eigenvalue weighted by molar-refractivity contribution is 5.94. The number of hydrogen-bond acceptors (Lipinski definition) is 5. The van der Waals surface area contributed by atoms with Gasteiger partial charge in [0.05, 0.1) is 0 Å². The van der Waals surface area contributed by atoms with Gasteiger partial charge >= 0.3 is 5.97 Å². The Morgan fingerprint density at radius 1 is 0.737 bits per heavy atom. The van der Waals surface area contributed by atoms with Gasteiger partial charge in [0, 0.05) is 29.6 Å². The molecule has 2 N–H and O–H groups in total. The Balaban J connectivity index is 1.16. The van der Waals surface area contributed by atoms with Crippen molar-refractivity contribution in [2.45, 2.75) is 32.6 Å². The molecule has 0 aromatic heterocycles. The van der Waals surface area contributed by atoms with Crippen molar-refractivity contribution in [3.05, 3.63) is 96.6 Å². The van der Waals surface area contributed by atoms with E-state index in [1.165, 1.54) is 0 Å². The second-order valence-corrected chi connectivity index (χ2v) is 8.73. The molecule has 2 amide bonds. The van der Waals surface area contributed by atoms with Crippen molar-refractivity contribution < 1.29 is 23.9 Å². The summed E-state index contributed by atoms with van der Waals surface area (Å²) in [6, 6.07) is 28.5. The average molecular weight is 511 g/mol. The maximum absolute atomic E-state index is 12.3. The maximum Gasteiger partial charge on any atom is 0.306 e. The fourth-order valence-electron chi connectivity index (χ4n) is 3.99. The first-order chi connectivity index (χ1) is 18.5. The number of para-hydroxylation sites is 1. The van der Waals surface area contributed by atoms with E-state index in [-0.39, 0.29) is 25.4 Å².